The molecule has 0 aliphatic carbocycles. The molecule has 6 heteroatoms. The molecule has 0 atom stereocenters. The van der Waals surface area contributed by atoms with Crippen LogP contribution in [0.3, 0.4) is 0 Å². The number of hydrogen-bond donors (Lipinski definition) is 2. The fourth-order valence-electron chi connectivity index (χ4n) is 1.92. The van der Waals surface area contributed by atoms with Crippen molar-refractivity contribution in [1.29, 1.82) is 0 Å². The third-order valence-corrected chi connectivity index (χ3v) is 2.92. The van der Waals surface area contributed by atoms with Gasteiger partial charge < -0.3 is 20.9 Å². The summed E-state index contributed by atoms with van der Waals surface area (Å²) in [6.45, 7) is 2.95. The highest BCUT2D eigenvalue weighted by Crippen LogP contribution is 2.19. The number of anilines is 2. The van der Waals surface area contributed by atoms with Crippen molar-refractivity contribution in [3.05, 3.63) is 59.7 Å². The molecule has 0 spiro atoms. The lowest BCUT2D eigenvalue weighted by atomic mass is 10.2. The third-order valence-electron chi connectivity index (χ3n) is 2.92. The van der Waals surface area contributed by atoms with Gasteiger partial charge in [0.15, 0.2) is 0 Å². The summed E-state index contributed by atoms with van der Waals surface area (Å²) in [5.74, 6) is -2.71. The maximum atomic E-state index is 12.1. The second kappa shape index (κ2) is 6.39. The van der Waals surface area contributed by atoms with Crippen molar-refractivity contribution in [3.8, 4) is 0 Å². The van der Waals surface area contributed by atoms with E-state index in [4.69, 9.17) is 20.9 Å². The number of ether oxygens (including phenoxy) is 2. The topological polar surface area (TPSA) is 105 Å². The Bertz CT molecular complexity index is 679. The Labute approximate surface area is 134 Å². The Morgan fingerprint density at radius 2 is 1.22 bits per heavy atom. The number of carbonyl (C=O) groups excluding carboxylic acids is 2. The van der Waals surface area contributed by atoms with Crippen LogP contribution in [0.15, 0.2) is 48.5 Å². The van der Waals surface area contributed by atoms with Crippen LogP contribution in [0, 0.1) is 0 Å². The van der Waals surface area contributed by atoms with Crippen LogP contribution in [0.2, 0.25) is 0 Å². The molecule has 4 N–H and O–H groups in total. The molecule has 0 fully saturated rings. The molecular weight excluding hydrogens is 296 g/mol. The summed E-state index contributed by atoms with van der Waals surface area (Å²) in [6.07, 6.45) is 0. The van der Waals surface area contributed by atoms with Crippen LogP contribution in [0.5, 0.6) is 0 Å². The van der Waals surface area contributed by atoms with Gasteiger partial charge in [-0.05, 0) is 36.4 Å². The highest BCUT2D eigenvalue weighted by Gasteiger charge is 2.28. The van der Waals surface area contributed by atoms with E-state index in [9.17, 15) is 9.59 Å². The van der Waals surface area contributed by atoms with Crippen LogP contribution < -0.4 is 11.5 Å². The third kappa shape index (κ3) is 4.47. The minimum Gasteiger partial charge on any atom is -0.419 e. The molecule has 0 aliphatic rings. The van der Waals surface area contributed by atoms with Gasteiger partial charge in [-0.15, -0.1) is 0 Å². The van der Waals surface area contributed by atoms with Crippen molar-refractivity contribution in [1.82, 2.24) is 0 Å². The fourth-order valence-corrected chi connectivity index (χ4v) is 1.92. The molecular formula is C17H18N2O4. The molecule has 0 saturated heterocycles. The minimum absolute atomic E-state index is 0.276. The Morgan fingerprint density at radius 1 is 0.826 bits per heavy atom. The molecule has 0 aliphatic heterocycles. The first kappa shape index (κ1) is 16.4. The number of carbonyl (C=O) groups is 2. The number of hydrogen-bond acceptors (Lipinski definition) is 6. The van der Waals surface area contributed by atoms with Gasteiger partial charge in [0.2, 0.25) is 0 Å². The summed E-state index contributed by atoms with van der Waals surface area (Å²) in [7, 11) is 0. The lowest BCUT2D eigenvalue weighted by Crippen LogP contribution is -2.34. The van der Waals surface area contributed by atoms with E-state index in [1.54, 1.807) is 36.4 Å². The maximum absolute atomic E-state index is 12.1. The van der Waals surface area contributed by atoms with E-state index in [1.165, 1.54) is 26.0 Å². The van der Waals surface area contributed by atoms with Crippen molar-refractivity contribution in [2.75, 3.05) is 11.5 Å². The number of benzene rings is 2. The predicted molar refractivity (Wildman–Crippen MR) is 86.6 cm³/mol. The second-order valence-corrected chi connectivity index (χ2v) is 5.43. The Balaban J connectivity index is 2.06. The van der Waals surface area contributed by atoms with Gasteiger partial charge in [-0.3, -0.25) is 0 Å². The number of esters is 2. The average molecular weight is 314 g/mol. The minimum atomic E-state index is -1.44. The molecule has 0 unspecified atom stereocenters. The van der Waals surface area contributed by atoms with Crippen LogP contribution in [0.4, 0.5) is 11.4 Å². The highest BCUT2D eigenvalue weighted by atomic mass is 16.7. The van der Waals surface area contributed by atoms with E-state index in [0.717, 1.165) is 0 Å². The number of rotatable bonds is 4. The van der Waals surface area contributed by atoms with Gasteiger partial charge in [0.1, 0.15) is 0 Å². The van der Waals surface area contributed by atoms with Crippen LogP contribution in [-0.2, 0) is 9.47 Å². The Morgan fingerprint density at radius 3 is 1.57 bits per heavy atom. The molecule has 0 heterocycles. The van der Waals surface area contributed by atoms with E-state index in [2.05, 4.69) is 0 Å². The molecule has 0 bridgehead atoms. The van der Waals surface area contributed by atoms with Crippen LogP contribution in [0.1, 0.15) is 34.6 Å². The molecule has 120 valence electrons. The first-order chi connectivity index (χ1) is 10.8. The predicted octanol–water partition coefficient (Wildman–Crippen LogP) is 2.60. The zero-order chi connectivity index (χ0) is 17.0. The molecule has 0 radical (unpaired) electrons. The lowest BCUT2D eigenvalue weighted by molar-refractivity contribution is -0.143. The lowest BCUT2D eigenvalue weighted by Gasteiger charge is -2.25. The first-order valence-electron chi connectivity index (χ1n) is 6.94. The monoisotopic (exact) mass is 314 g/mol. The van der Waals surface area contributed by atoms with Gasteiger partial charge in [0.05, 0.1) is 11.1 Å². The molecule has 2 rings (SSSR count). The van der Waals surface area contributed by atoms with Crippen molar-refractivity contribution < 1.29 is 19.1 Å². The van der Waals surface area contributed by atoms with Gasteiger partial charge in [-0.2, -0.15) is 0 Å². The van der Waals surface area contributed by atoms with Gasteiger partial charge in [-0.1, -0.05) is 12.1 Å². The molecule has 0 amide bonds. The average Bonchev–Trinajstić information content (AvgIpc) is 2.46. The van der Waals surface area contributed by atoms with Crippen LogP contribution >= 0.6 is 0 Å². The van der Waals surface area contributed by atoms with E-state index in [1.807, 2.05) is 0 Å². The second-order valence-electron chi connectivity index (χ2n) is 5.43. The van der Waals surface area contributed by atoms with Crippen molar-refractivity contribution >= 4 is 23.3 Å². The summed E-state index contributed by atoms with van der Waals surface area (Å²) in [6, 6.07) is 12.7. The molecule has 0 aromatic heterocycles. The van der Waals surface area contributed by atoms with Crippen LogP contribution in [0.25, 0.3) is 0 Å². The first-order valence-corrected chi connectivity index (χ1v) is 6.94. The van der Waals surface area contributed by atoms with Gasteiger partial charge in [-0.25, -0.2) is 9.59 Å². The summed E-state index contributed by atoms with van der Waals surface area (Å²) >= 11 is 0. The zero-order valence-electron chi connectivity index (χ0n) is 12.9. The fraction of sp³-hybridized carbons (Fsp3) is 0.176. The van der Waals surface area contributed by atoms with Crippen molar-refractivity contribution in [2.45, 2.75) is 19.6 Å². The molecule has 6 nitrogen and oxygen atoms in total. The highest BCUT2D eigenvalue weighted by molar-refractivity contribution is 5.92. The summed E-state index contributed by atoms with van der Waals surface area (Å²) in [5, 5.41) is 0. The molecule has 2 aromatic carbocycles. The van der Waals surface area contributed by atoms with Crippen molar-refractivity contribution in [3.63, 3.8) is 0 Å². The largest absolute Gasteiger partial charge is 0.419 e. The number of nitrogens with two attached hydrogens (primary N) is 2. The maximum Gasteiger partial charge on any atom is 0.341 e. The normalized spacial score (nSPS) is 10.9. The van der Waals surface area contributed by atoms with E-state index in [0.29, 0.717) is 11.4 Å². The summed E-state index contributed by atoms with van der Waals surface area (Å²) in [5.41, 5.74) is 12.7. The van der Waals surface area contributed by atoms with E-state index < -0.39 is 17.7 Å². The molecule has 0 saturated carbocycles. The summed E-state index contributed by atoms with van der Waals surface area (Å²) < 4.78 is 10.5. The SMILES string of the molecule is CC(C)(OC(=O)c1cccc(N)c1)OC(=O)c1cccc(N)c1. The quantitative estimate of drug-likeness (QED) is 0.510. The zero-order valence-corrected chi connectivity index (χ0v) is 12.9. The standard InChI is InChI=1S/C17H18N2O4/c1-17(2,22-15(20)11-5-3-7-13(18)9-11)23-16(21)12-6-4-8-14(19)10-12/h3-10H,18-19H2,1-2H3. The van der Waals surface area contributed by atoms with Gasteiger partial charge in [0.25, 0.3) is 5.79 Å². The Hall–Kier alpha value is -3.02. The van der Waals surface area contributed by atoms with Crippen LogP contribution in [-0.4, -0.2) is 17.7 Å². The van der Waals surface area contributed by atoms with Gasteiger partial charge in [0, 0.05) is 25.2 Å². The van der Waals surface area contributed by atoms with Crippen molar-refractivity contribution in [2.24, 2.45) is 0 Å². The molecule has 23 heavy (non-hydrogen) atoms. The van der Waals surface area contributed by atoms with E-state index in [-0.39, 0.29) is 11.1 Å². The molecule has 2 aromatic rings. The summed E-state index contributed by atoms with van der Waals surface area (Å²) in [4.78, 5) is 24.2. The Kier molecular flexibility index (Phi) is 4.55. The number of nitrogen functional groups attached to an aromatic ring is 2. The van der Waals surface area contributed by atoms with Gasteiger partial charge >= 0.3 is 11.9 Å². The van der Waals surface area contributed by atoms with E-state index >= 15 is 0 Å². The smallest absolute Gasteiger partial charge is 0.341 e.